The zero-order valence-electron chi connectivity index (χ0n) is 18.7. The van der Waals surface area contributed by atoms with Crippen LogP contribution in [0.15, 0.2) is 24.3 Å². The lowest BCUT2D eigenvalue weighted by Gasteiger charge is -2.36. The first-order valence-corrected chi connectivity index (χ1v) is 11.1. The first kappa shape index (κ1) is 26.1. The van der Waals surface area contributed by atoms with E-state index in [4.69, 9.17) is 47.9 Å². The molecule has 184 valence electrons. The summed E-state index contributed by atoms with van der Waals surface area (Å²) in [5, 5.41) is 13.2. The van der Waals surface area contributed by atoms with Crippen molar-refractivity contribution in [2.24, 2.45) is 0 Å². The number of methoxy groups -OCH3 is 1. The number of hydrogen-bond donors (Lipinski definition) is 1. The summed E-state index contributed by atoms with van der Waals surface area (Å²) < 4.78 is 39.2. The maximum Gasteiger partial charge on any atom is 0.490 e. The van der Waals surface area contributed by atoms with Crippen molar-refractivity contribution in [3.8, 4) is 11.3 Å². The number of benzene rings is 1. The van der Waals surface area contributed by atoms with E-state index in [0.29, 0.717) is 22.7 Å². The first-order chi connectivity index (χ1) is 16.0. The highest BCUT2D eigenvalue weighted by Gasteiger charge is 2.38. The highest BCUT2D eigenvalue weighted by molar-refractivity contribution is 6.36. The van der Waals surface area contributed by atoms with Gasteiger partial charge in [0, 0.05) is 29.9 Å². The van der Waals surface area contributed by atoms with Gasteiger partial charge in [0.05, 0.1) is 29.9 Å². The number of halogens is 5. The molecular formula is C22H23Cl2F3N4O3. The number of alkyl halides is 3. The van der Waals surface area contributed by atoms with Crippen molar-refractivity contribution in [1.29, 1.82) is 0 Å². The van der Waals surface area contributed by atoms with Gasteiger partial charge in [-0.2, -0.15) is 18.3 Å². The Labute approximate surface area is 204 Å². The van der Waals surface area contributed by atoms with Crippen LogP contribution in [0.1, 0.15) is 19.0 Å². The van der Waals surface area contributed by atoms with Gasteiger partial charge in [0.15, 0.2) is 0 Å². The average Bonchev–Trinajstić information content (AvgIpc) is 3.11. The summed E-state index contributed by atoms with van der Waals surface area (Å²) in [7, 11) is 1.75. The number of carboxylic acid groups (broad SMARTS) is 1. The molecule has 4 rings (SSSR count). The lowest BCUT2D eigenvalue weighted by molar-refractivity contribution is -0.192. The molecule has 0 bridgehead atoms. The van der Waals surface area contributed by atoms with Crippen LogP contribution in [-0.4, -0.2) is 58.3 Å². The minimum absolute atomic E-state index is 0.325. The molecule has 0 amide bonds. The number of anilines is 1. The molecule has 12 heteroatoms. The van der Waals surface area contributed by atoms with Gasteiger partial charge in [-0.25, -0.2) is 9.78 Å². The van der Waals surface area contributed by atoms with Crippen molar-refractivity contribution < 1.29 is 27.8 Å². The van der Waals surface area contributed by atoms with Crippen molar-refractivity contribution in [2.45, 2.75) is 39.0 Å². The molecule has 0 fully saturated rings. The maximum atomic E-state index is 10.6. The molecule has 0 spiro atoms. The minimum Gasteiger partial charge on any atom is -0.475 e. The van der Waals surface area contributed by atoms with E-state index in [2.05, 4.69) is 17.9 Å². The summed E-state index contributed by atoms with van der Waals surface area (Å²) in [5.74, 6) is -2.76. The Kier molecular flexibility index (Phi) is 7.95. The molecule has 3 aromatic rings. The highest BCUT2D eigenvalue weighted by atomic mass is 35.5. The van der Waals surface area contributed by atoms with E-state index in [1.54, 1.807) is 13.2 Å². The molecule has 1 aliphatic rings. The first-order valence-electron chi connectivity index (χ1n) is 10.4. The maximum absolute atomic E-state index is 10.6. The van der Waals surface area contributed by atoms with Crippen LogP contribution in [0.3, 0.4) is 0 Å². The zero-order chi connectivity index (χ0) is 25.2. The number of carbonyl (C=O) groups is 1. The lowest BCUT2D eigenvalue weighted by atomic mass is 10.1. The number of pyridine rings is 1. The number of aromatic nitrogens is 3. The van der Waals surface area contributed by atoms with Crippen molar-refractivity contribution >= 4 is 45.9 Å². The number of aliphatic carboxylic acids is 1. The summed E-state index contributed by atoms with van der Waals surface area (Å²) in [5.41, 5.74) is 5.72. The van der Waals surface area contributed by atoms with Crippen LogP contribution in [-0.2, 0) is 16.1 Å². The monoisotopic (exact) mass is 518 g/mol. The van der Waals surface area contributed by atoms with Gasteiger partial charge in [0.2, 0.25) is 0 Å². The van der Waals surface area contributed by atoms with E-state index in [1.807, 2.05) is 23.7 Å². The van der Waals surface area contributed by atoms with Crippen LogP contribution in [0.4, 0.5) is 18.9 Å². The largest absolute Gasteiger partial charge is 0.490 e. The van der Waals surface area contributed by atoms with Crippen LogP contribution >= 0.6 is 23.2 Å². The van der Waals surface area contributed by atoms with E-state index < -0.39 is 12.1 Å². The Morgan fingerprint density at radius 3 is 2.50 bits per heavy atom. The number of rotatable bonds is 5. The normalized spacial score (nSPS) is 14.1. The predicted molar refractivity (Wildman–Crippen MR) is 125 cm³/mol. The molecule has 3 heterocycles. The van der Waals surface area contributed by atoms with Gasteiger partial charge >= 0.3 is 12.1 Å². The van der Waals surface area contributed by atoms with Crippen LogP contribution in [0.2, 0.25) is 10.0 Å². The third-order valence-electron chi connectivity index (χ3n) is 5.37. The Balaban J connectivity index is 0.000000406. The molecule has 1 aromatic carbocycles. The Morgan fingerprint density at radius 1 is 1.26 bits per heavy atom. The number of carboxylic acids is 1. The topological polar surface area (TPSA) is 80.5 Å². The van der Waals surface area contributed by atoms with Crippen LogP contribution < -0.4 is 4.90 Å². The number of aryl methyl sites for hydroxylation is 1. The molecule has 1 atom stereocenters. The van der Waals surface area contributed by atoms with Gasteiger partial charge in [-0.05, 0) is 37.6 Å². The standard InChI is InChI=1S/C20H22Cl2N4O.C2HF3O2/c1-4-14(11-27-3)25-7-8-26-20-17(25)9-12(2)23-19(20)18(24-26)15-6-5-13(21)10-16(15)22;3-2(4,5)1(6)7/h5-6,9-10,14H,4,7-8,11H2,1-3H3;(H,6,7). The van der Waals surface area contributed by atoms with Gasteiger partial charge < -0.3 is 14.7 Å². The molecule has 7 nitrogen and oxygen atoms in total. The van der Waals surface area contributed by atoms with Crippen LogP contribution in [0, 0.1) is 6.92 Å². The zero-order valence-corrected chi connectivity index (χ0v) is 20.2. The van der Waals surface area contributed by atoms with Crippen molar-refractivity contribution in [1.82, 2.24) is 14.8 Å². The number of nitrogens with zero attached hydrogens (tertiary/aromatic N) is 4. The van der Waals surface area contributed by atoms with E-state index in [-0.39, 0.29) is 0 Å². The third-order valence-corrected chi connectivity index (χ3v) is 5.91. The lowest BCUT2D eigenvalue weighted by Crippen LogP contribution is -2.42. The average molecular weight is 519 g/mol. The second-order valence-electron chi connectivity index (χ2n) is 7.69. The molecule has 34 heavy (non-hydrogen) atoms. The summed E-state index contributed by atoms with van der Waals surface area (Å²) in [4.78, 5) is 16.1. The quantitative estimate of drug-likeness (QED) is 0.474. The molecule has 0 saturated heterocycles. The molecule has 0 aliphatic carbocycles. The van der Waals surface area contributed by atoms with Crippen molar-refractivity contribution in [3.63, 3.8) is 0 Å². The fraction of sp³-hybridized carbons (Fsp3) is 0.409. The Bertz CT molecular complexity index is 1200. The number of hydrogen-bond acceptors (Lipinski definition) is 5. The third kappa shape index (κ3) is 5.39. The van der Waals surface area contributed by atoms with Gasteiger partial charge in [-0.15, -0.1) is 0 Å². The number of ether oxygens (including phenoxy) is 1. The molecule has 1 aliphatic heterocycles. The second-order valence-corrected chi connectivity index (χ2v) is 8.53. The summed E-state index contributed by atoms with van der Waals surface area (Å²) in [6.45, 7) is 6.61. The van der Waals surface area contributed by atoms with Gasteiger partial charge in [-0.3, -0.25) is 4.68 Å². The SMILES string of the molecule is CCC(COC)N1CCn2nc(-c3ccc(Cl)cc3Cl)c3nc(C)cc1c32.O=C(O)C(F)(F)F. The van der Waals surface area contributed by atoms with Crippen molar-refractivity contribution in [3.05, 3.63) is 40.0 Å². The Hall–Kier alpha value is -2.56. The summed E-state index contributed by atoms with van der Waals surface area (Å²) >= 11 is 12.5. The summed E-state index contributed by atoms with van der Waals surface area (Å²) in [6.07, 6.45) is -4.07. The fourth-order valence-electron chi connectivity index (χ4n) is 3.85. The van der Waals surface area contributed by atoms with E-state index in [0.717, 1.165) is 53.2 Å². The predicted octanol–water partition coefficient (Wildman–Crippen LogP) is 5.59. The second kappa shape index (κ2) is 10.4. The van der Waals surface area contributed by atoms with E-state index in [1.165, 1.54) is 0 Å². The highest BCUT2D eigenvalue weighted by Crippen LogP contribution is 2.39. The molecular weight excluding hydrogens is 496 g/mol. The van der Waals surface area contributed by atoms with E-state index >= 15 is 0 Å². The smallest absolute Gasteiger partial charge is 0.475 e. The molecule has 0 radical (unpaired) electrons. The van der Waals surface area contributed by atoms with Gasteiger partial charge in [-0.1, -0.05) is 30.1 Å². The van der Waals surface area contributed by atoms with Gasteiger partial charge in [0.1, 0.15) is 16.7 Å². The molecule has 2 aromatic heterocycles. The minimum atomic E-state index is -5.08. The Morgan fingerprint density at radius 2 is 1.94 bits per heavy atom. The fourth-order valence-corrected chi connectivity index (χ4v) is 4.35. The van der Waals surface area contributed by atoms with Crippen LogP contribution in [0.5, 0.6) is 0 Å². The van der Waals surface area contributed by atoms with Gasteiger partial charge in [0.25, 0.3) is 0 Å². The van der Waals surface area contributed by atoms with E-state index in [9.17, 15) is 13.2 Å². The summed E-state index contributed by atoms with van der Waals surface area (Å²) in [6, 6.07) is 7.96. The molecule has 1 N–H and O–H groups in total. The molecule has 0 saturated carbocycles. The molecule has 1 unspecified atom stereocenters. The van der Waals surface area contributed by atoms with Crippen molar-refractivity contribution in [2.75, 3.05) is 25.2 Å². The van der Waals surface area contributed by atoms with Crippen LogP contribution in [0.25, 0.3) is 22.3 Å².